The number of hydrogen-bond donors (Lipinski definition) is 2. The number of rotatable bonds is 4. The second-order valence-corrected chi connectivity index (χ2v) is 4.93. The van der Waals surface area contributed by atoms with Crippen molar-refractivity contribution in [2.75, 3.05) is 7.05 Å². The summed E-state index contributed by atoms with van der Waals surface area (Å²) in [5, 5.41) is 12.0. The first-order chi connectivity index (χ1) is 8.86. The van der Waals surface area contributed by atoms with E-state index >= 15 is 0 Å². The van der Waals surface area contributed by atoms with E-state index in [0.29, 0.717) is 17.0 Å². The van der Waals surface area contributed by atoms with E-state index in [-0.39, 0.29) is 17.8 Å². The fourth-order valence-electron chi connectivity index (χ4n) is 1.61. The molecule has 104 valence electrons. The quantitative estimate of drug-likeness (QED) is 0.385. The Morgan fingerprint density at radius 2 is 2.21 bits per heavy atom. The molecule has 0 heterocycles. The third-order valence-corrected chi connectivity index (χ3v) is 3.44. The van der Waals surface area contributed by atoms with Gasteiger partial charge in [-0.25, -0.2) is 0 Å². The number of oxime groups is 1. The molecule has 1 rings (SSSR count). The molecule has 0 saturated carbocycles. The fraction of sp³-hybridized carbons (Fsp3) is 0.385. The van der Waals surface area contributed by atoms with Crippen LogP contribution in [-0.4, -0.2) is 34.9 Å². The predicted molar refractivity (Wildman–Crippen MR) is 75.8 cm³/mol. The first-order valence-electron chi connectivity index (χ1n) is 5.86. The lowest BCUT2D eigenvalue weighted by atomic mass is 10.1. The van der Waals surface area contributed by atoms with Gasteiger partial charge in [-0.2, -0.15) is 0 Å². The number of carbonyl (C=O) groups excluding carboxylic acids is 1. The van der Waals surface area contributed by atoms with Gasteiger partial charge in [0.15, 0.2) is 0 Å². The van der Waals surface area contributed by atoms with Crippen molar-refractivity contribution >= 4 is 23.3 Å². The maximum Gasteiger partial charge on any atom is 0.253 e. The Hall–Kier alpha value is -1.75. The van der Waals surface area contributed by atoms with Crippen LogP contribution in [0.4, 0.5) is 0 Å². The lowest BCUT2D eigenvalue weighted by Gasteiger charge is -2.24. The Balaban J connectivity index is 2.84. The van der Waals surface area contributed by atoms with Gasteiger partial charge in [-0.15, -0.1) is 0 Å². The molecule has 19 heavy (non-hydrogen) atoms. The average Bonchev–Trinajstić information content (AvgIpc) is 2.39. The molecule has 6 heteroatoms. The Kier molecular flexibility index (Phi) is 5.18. The maximum atomic E-state index is 12.2. The highest BCUT2D eigenvalue weighted by Gasteiger charge is 2.19. The molecule has 1 unspecified atom stereocenters. The zero-order valence-corrected chi connectivity index (χ0v) is 12.0. The van der Waals surface area contributed by atoms with E-state index in [9.17, 15) is 4.79 Å². The maximum absolute atomic E-state index is 12.2. The smallest absolute Gasteiger partial charge is 0.253 e. The molecule has 1 atom stereocenters. The van der Waals surface area contributed by atoms with Gasteiger partial charge in [-0.3, -0.25) is 4.79 Å². The lowest BCUT2D eigenvalue weighted by molar-refractivity contribution is 0.0747. The normalized spacial score (nSPS) is 13.2. The van der Waals surface area contributed by atoms with Crippen LogP contribution in [0.1, 0.15) is 29.3 Å². The highest BCUT2D eigenvalue weighted by molar-refractivity contribution is 6.31. The van der Waals surface area contributed by atoms with Crippen LogP contribution in [0.15, 0.2) is 23.4 Å². The topological polar surface area (TPSA) is 78.9 Å². The average molecular weight is 284 g/mol. The van der Waals surface area contributed by atoms with Gasteiger partial charge in [0, 0.05) is 30.1 Å². The van der Waals surface area contributed by atoms with Crippen molar-refractivity contribution in [3.8, 4) is 0 Å². The molecule has 0 aliphatic carbocycles. The number of carbonyl (C=O) groups is 1. The molecule has 1 aromatic carbocycles. The molecule has 0 spiro atoms. The van der Waals surface area contributed by atoms with Crippen LogP contribution in [0.3, 0.4) is 0 Å². The van der Waals surface area contributed by atoms with Crippen molar-refractivity contribution < 1.29 is 10.0 Å². The Morgan fingerprint density at radius 1 is 1.58 bits per heavy atom. The zero-order valence-electron chi connectivity index (χ0n) is 11.2. The van der Waals surface area contributed by atoms with Gasteiger partial charge < -0.3 is 15.8 Å². The summed E-state index contributed by atoms with van der Waals surface area (Å²) in [7, 11) is 1.67. The second kappa shape index (κ2) is 6.43. The van der Waals surface area contributed by atoms with Gasteiger partial charge >= 0.3 is 0 Å². The number of halogens is 1. The van der Waals surface area contributed by atoms with E-state index in [4.69, 9.17) is 22.5 Å². The van der Waals surface area contributed by atoms with Crippen LogP contribution in [0.2, 0.25) is 5.02 Å². The first-order valence-corrected chi connectivity index (χ1v) is 6.24. The molecule has 0 fully saturated rings. The molecule has 0 saturated heterocycles. The van der Waals surface area contributed by atoms with E-state index in [2.05, 4.69) is 5.16 Å². The van der Waals surface area contributed by atoms with Crippen LogP contribution >= 0.6 is 11.6 Å². The standard InChI is InChI=1S/C13H18ClN3O2/c1-8-4-5-10(7-11(8)14)13(18)17(3)9(2)6-12(15)16-19/h4-5,7,9,19H,6H2,1-3H3,(H2,15,16). The molecular weight excluding hydrogens is 266 g/mol. The highest BCUT2D eigenvalue weighted by Crippen LogP contribution is 2.18. The Labute approximate surface area is 117 Å². The van der Waals surface area contributed by atoms with Gasteiger partial charge in [0.25, 0.3) is 5.91 Å². The van der Waals surface area contributed by atoms with E-state index in [1.807, 2.05) is 13.8 Å². The van der Waals surface area contributed by atoms with E-state index < -0.39 is 0 Å². The highest BCUT2D eigenvalue weighted by atomic mass is 35.5. The number of hydrogen-bond acceptors (Lipinski definition) is 3. The summed E-state index contributed by atoms with van der Waals surface area (Å²) in [6.45, 7) is 3.70. The van der Waals surface area contributed by atoms with Crippen molar-refractivity contribution in [2.45, 2.75) is 26.3 Å². The first kappa shape index (κ1) is 15.3. The summed E-state index contributed by atoms with van der Waals surface area (Å²) in [6.07, 6.45) is 0.304. The monoisotopic (exact) mass is 283 g/mol. The van der Waals surface area contributed by atoms with Crippen molar-refractivity contribution in [3.63, 3.8) is 0 Å². The molecule has 3 N–H and O–H groups in total. The van der Waals surface area contributed by atoms with Crippen molar-refractivity contribution in [3.05, 3.63) is 34.3 Å². The molecule has 1 amide bonds. The van der Waals surface area contributed by atoms with Crippen LogP contribution in [0.5, 0.6) is 0 Å². The molecular formula is C13H18ClN3O2. The number of nitrogens with zero attached hydrogens (tertiary/aromatic N) is 2. The number of nitrogens with two attached hydrogens (primary N) is 1. The van der Waals surface area contributed by atoms with Gasteiger partial charge in [0.2, 0.25) is 0 Å². The van der Waals surface area contributed by atoms with Crippen LogP contribution < -0.4 is 5.73 Å². The summed E-state index contributed by atoms with van der Waals surface area (Å²) in [4.78, 5) is 13.8. The second-order valence-electron chi connectivity index (χ2n) is 4.52. The minimum absolute atomic E-state index is 0.0917. The Bertz CT molecular complexity index is 503. The van der Waals surface area contributed by atoms with Gasteiger partial charge in [-0.05, 0) is 31.5 Å². The summed E-state index contributed by atoms with van der Waals surface area (Å²) >= 11 is 6.01. The number of benzene rings is 1. The molecule has 0 bridgehead atoms. The van der Waals surface area contributed by atoms with E-state index in [0.717, 1.165) is 5.56 Å². The minimum atomic E-state index is -0.177. The van der Waals surface area contributed by atoms with Crippen LogP contribution in [-0.2, 0) is 0 Å². The van der Waals surface area contributed by atoms with Crippen molar-refractivity contribution in [1.29, 1.82) is 0 Å². The third-order valence-electron chi connectivity index (χ3n) is 3.03. The molecule has 0 aromatic heterocycles. The summed E-state index contributed by atoms with van der Waals surface area (Å²) < 4.78 is 0. The van der Waals surface area contributed by atoms with E-state index in [1.54, 1.807) is 30.1 Å². The van der Waals surface area contributed by atoms with E-state index in [1.165, 1.54) is 0 Å². The predicted octanol–water partition coefficient (Wildman–Crippen LogP) is 2.25. The largest absolute Gasteiger partial charge is 0.409 e. The van der Waals surface area contributed by atoms with Crippen molar-refractivity contribution in [2.24, 2.45) is 10.9 Å². The summed E-state index contributed by atoms with van der Waals surface area (Å²) in [6, 6.07) is 5.00. The summed E-state index contributed by atoms with van der Waals surface area (Å²) in [5.74, 6) is -0.0609. The van der Waals surface area contributed by atoms with Crippen LogP contribution in [0.25, 0.3) is 0 Å². The molecule has 5 nitrogen and oxygen atoms in total. The third kappa shape index (κ3) is 3.86. The molecule has 1 aromatic rings. The SMILES string of the molecule is Cc1ccc(C(=O)N(C)C(C)CC(N)=NO)cc1Cl. The number of amidine groups is 1. The number of amides is 1. The minimum Gasteiger partial charge on any atom is -0.409 e. The fourth-order valence-corrected chi connectivity index (χ4v) is 1.79. The van der Waals surface area contributed by atoms with Gasteiger partial charge in [0.1, 0.15) is 5.84 Å². The van der Waals surface area contributed by atoms with Crippen molar-refractivity contribution in [1.82, 2.24) is 4.90 Å². The zero-order chi connectivity index (χ0) is 14.6. The van der Waals surface area contributed by atoms with Gasteiger partial charge in [0.05, 0.1) is 0 Å². The Morgan fingerprint density at radius 3 is 2.74 bits per heavy atom. The molecule has 0 radical (unpaired) electrons. The van der Waals surface area contributed by atoms with Gasteiger partial charge in [-0.1, -0.05) is 22.8 Å². The summed E-state index contributed by atoms with van der Waals surface area (Å²) in [5.41, 5.74) is 6.88. The molecule has 0 aliphatic heterocycles. The van der Waals surface area contributed by atoms with Crippen LogP contribution in [0, 0.1) is 6.92 Å². The molecule has 0 aliphatic rings. The number of aryl methyl sites for hydroxylation is 1. The lowest BCUT2D eigenvalue weighted by Crippen LogP contribution is -2.37.